The second-order valence-electron chi connectivity index (χ2n) is 4.32. The number of hydrogen-bond acceptors (Lipinski definition) is 4. The SMILES string of the molecule is C[C@@H](N=C(NC#N)Nc1cccnc1)c1ccccc1O. The highest BCUT2D eigenvalue weighted by Gasteiger charge is 2.10. The molecular weight excluding hydrogens is 266 g/mol. The molecule has 0 saturated carbocycles. The molecule has 0 amide bonds. The van der Waals surface area contributed by atoms with Crippen molar-refractivity contribution < 1.29 is 5.11 Å². The number of aromatic hydroxyl groups is 1. The average molecular weight is 281 g/mol. The molecule has 0 aliphatic rings. The fourth-order valence-electron chi connectivity index (χ4n) is 1.83. The van der Waals surface area contributed by atoms with Gasteiger partial charge in [0.2, 0.25) is 5.96 Å². The number of nitrogens with zero attached hydrogens (tertiary/aromatic N) is 3. The van der Waals surface area contributed by atoms with Gasteiger partial charge in [-0.15, -0.1) is 0 Å². The van der Waals surface area contributed by atoms with Crippen LogP contribution in [0.4, 0.5) is 5.69 Å². The van der Waals surface area contributed by atoms with E-state index in [1.54, 1.807) is 36.7 Å². The van der Waals surface area contributed by atoms with E-state index in [9.17, 15) is 5.11 Å². The van der Waals surface area contributed by atoms with Gasteiger partial charge < -0.3 is 10.4 Å². The number of aliphatic imine (C=N–C) groups is 1. The van der Waals surface area contributed by atoms with Crippen LogP contribution >= 0.6 is 0 Å². The third-order valence-electron chi connectivity index (χ3n) is 2.81. The quantitative estimate of drug-likeness (QED) is 0.347. The molecule has 1 aromatic carbocycles. The number of pyridine rings is 1. The molecule has 3 N–H and O–H groups in total. The molecule has 0 unspecified atom stereocenters. The zero-order chi connectivity index (χ0) is 15.1. The number of phenols is 1. The molecule has 0 aliphatic carbocycles. The Labute approximate surface area is 122 Å². The van der Waals surface area contributed by atoms with Crippen molar-refractivity contribution in [2.45, 2.75) is 13.0 Å². The summed E-state index contributed by atoms with van der Waals surface area (Å²) in [6.07, 6.45) is 5.11. The Bertz CT molecular complexity index is 663. The van der Waals surface area contributed by atoms with Gasteiger partial charge >= 0.3 is 0 Å². The van der Waals surface area contributed by atoms with E-state index in [0.29, 0.717) is 17.2 Å². The minimum absolute atomic E-state index is 0.173. The number of para-hydroxylation sites is 1. The van der Waals surface area contributed by atoms with Gasteiger partial charge in [-0.3, -0.25) is 10.3 Å². The monoisotopic (exact) mass is 281 g/mol. The third kappa shape index (κ3) is 3.94. The van der Waals surface area contributed by atoms with Gasteiger partial charge in [0, 0.05) is 11.8 Å². The summed E-state index contributed by atoms with van der Waals surface area (Å²) < 4.78 is 0. The molecule has 0 radical (unpaired) electrons. The Morgan fingerprint density at radius 3 is 2.81 bits per heavy atom. The van der Waals surface area contributed by atoms with E-state index in [2.05, 4.69) is 20.6 Å². The van der Waals surface area contributed by atoms with Gasteiger partial charge in [0.15, 0.2) is 6.19 Å². The summed E-state index contributed by atoms with van der Waals surface area (Å²) in [5.41, 5.74) is 1.39. The normalized spacial score (nSPS) is 12.3. The van der Waals surface area contributed by atoms with E-state index >= 15 is 0 Å². The zero-order valence-corrected chi connectivity index (χ0v) is 11.5. The van der Waals surface area contributed by atoms with Crippen molar-refractivity contribution in [3.8, 4) is 11.9 Å². The van der Waals surface area contributed by atoms with E-state index in [4.69, 9.17) is 5.26 Å². The van der Waals surface area contributed by atoms with Gasteiger partial charge in [-0.05, 0) is 25.1 Å². The maximum atomic E-state index is 9.83. The molecule has 0 spiro atoms. The highest BCUT2D eigenvalue weighted by atomic mass is 16.3. The highest BCUT2D eigenvalue weighted by molar-refractivity contribution is 5.94. The maximum Gasteiger partial charge on any atom is 0.209 e. The third-order valence-corrected chi connectivity index (χ3v) is 2.81. The summed E-state index contributed by atoms with van der Waals surface area (Å²) in [4.78, 5) is 8.36. The first-order valence-electron chi connectivity index (χ1n) is 6.38. The first-order valence-corrected chi connectivity index (χ1v) is 6.38. The van der Waals surface area contributed by atoms with Crippen LogP contribution in [0.3, 0.4) is 0 Å². The fourth-order valence-corrected chi connectivity index (χ4v) is 1.83. The molecule has 0 aliphatic heterocycles. The summed E-state index contributed by atoms with van der Waals surface area (Å²) in [5.74, 6) is 0.465. The molecule has 0 bridgehead atoms. The Hall–Kier alpha value is -3.07. The second kappa shape index (κ2) is 6.91. The number of phenolic OH excluding ortho intramolecular Hbond substituents is 1. The van der Waals surface area contributed by atoms with Gasteiger partial charge in [-0.25, -0.2) is 4.99 Å². The van der Waals surface area contributed by atoms with Gasteiger partial charge in [0.25, 0.3) is 0 Å². The topological polar surface area (TPSA) is 93.3 Å². The molecule has 0 fully saturated rings. The molecule has 2 rings (SSSR count). The molecule has 1 heterocycles. The van der Waals surface area contributed by atoms with Crippen LogP contribution < -0.4 is 10.6 Å². The molecule has 1 aromatic heterocycles. The second-order valence-corrected chi connectivity index (χ2v) is 4.32. The molecule has 1 atom stereocenters. The number of hydrogen-bond donors (Lipinski definition) is 3. The number of rotatable bonds is 3. The van der Waals surface area contributed by atoms with Crippen molar-refractivity contribution in [2.24, 2.45) is 4.99 Å². The van der Waals surface area contributed by atoms with Crippen LogP contribution in [0.1, 0.15) is 18.5 Å². The lowest BCUT2D eigenvalue weighted by Gasteiger charge is -2.12. The van der Waals surface area contributed by atoms with E-state index in [1.165, 1.54) is 0 Å². The first kappa shape index (κ1) is 14.3. The van der Waals surface area contributed by atoms with Crippen molar-refractivity contribution in [2.75, 3.05) is 5.32 Å². The van der Waals surface area contributed by atoms with Gasteiger partial charge in [0.05, 0.1) is 17.9 Å². The standard InChI is InChI=1S/C15H15N5O/c1-11(13-6-2-3-7-14(13)21)19-15(18-10-16)20-12-5-4-8-17-9-12/h2-9,11,21H,1H3,(H2,18,19,20)/t11-/m1/s1. The summed E-state index contributed by atoms with van der Waals surface area (Å²) in [5, 5.41) is 24.1. The summed E-state index contributed by atoms with van der Waals surface area (Å²) in [7, 11) is 0. The largest absolute Gasteiger partial charge is 0.508 e. The van der Waals surface area contributed by atoms with Crippen LogP contribution in [0, 0.1) is 11.5 Å². The van der Waals surface area contributed by atoms with Gasteiger partial charge in [0.1, 0.15) is 5.75 Å². The Morgan fingerprint density at radius 2 is 2.14 bits per heavy atom. The lowest BCUT2D eigenvalue weighted by Crippen LogP contribution is -2.27. The average Bonchev–Trinajstić information content (AvgIpc) is 2.49. The van der Waals surface area contributed by atoms with Crippen LogP contribution in [0.15, 0.2) is 53.8 Å². The molecule has 0 saturated heterocycles. The number of nitriles is 1. The number of anilines is 1. The number of nitrogens with one attached hydrogen (secondary N) is 2. The smallest absolute Gasteiger partial charge is 0.209 e. The lowest BCUT2D eigenvalue weighted by atomic mass is 10.1. The van der Waals surface area contributed by atoms with Crippen molar-refractivity contribution in [3.63, 3.8) is 0 Å². The van der Waals surface area contributed by atoms with Gasteiger partial charge in [-0.1, -0.05) is 18.2 Å². The molecule has 6 heteroatoms. The van der Waals surface area contributed by atoms with E-state index < -0.39 is 0 Å². The summed E-state index contributed by atoms with van der Waals surface area (Å²) in [6, 6.07) is 10.2. The maximum absolute atomic E-state index is 9.83. The summed E-state index contributed by atoms with van der Waals surface area (Å²) in [6.45, 7) is 1.83. The van der Waals surface area contributed by atoms with Crippen LogP contribution in [-0.4, -0.2) is 16.1 Å². The van der Waals surface area contributed by atoms with Crippen molar-refractivity contribution in [1.29, 1.82) is 5.26 Å². The minimum Gasteiger partial charge on any atom is -0.508 e. The zero-order valence-electron chi connectivity index (χ0n) is 11.5. The fraction of sp³-hybridized carbons (Fsp3) is 0.133. The first-order chi connectivity index (χ1) is 10.2. The Kier molecular flexibility index (Phi) is 4.72. The summed E-state index contributed by atoms with van der Waals surface area (Å²) >= 11 is 0. The molecular formula is C15H15N5O. The molecule has 106 valence electrons. The van der Waals surface area contributed by atoms with Crippen molar-refractivity contribution >= 4 is 11.6 Å². The number of guanidine groups is 1. The molecule has 21 heavy (non-hydrogen) atoms. The highest BCUT2D eigenvalue weighted by Crippen LogP contribution is 2.25. The number of benzene rings is 1. The van der Waals surface area contributed by atoms with Crippen LogP contribution in [0.5, 0.6) is 5.75 Å². The van der Waals surface area contributed by atoms with E-state index in [0.717, 1.165) is 0 Å². The van der Waals surface area contributed by atoms with Crippen LogP contribution in [-0.2, 0) is 0 Å². The molecule has 6 nitrogen and oxygen atoms in total. The van der Waals surface area contributed by atoms with E-state index in [-0.39, 0.29) is 11.8 Å². The van der Waals surface area contributed by atoms with Crippen molar-refractivity contribution in [1.82, 2.24) is 10.3 Å². The Morgan fingerprint density at radius 1 is 1.33 bits per heavy atom. The lowest BCUT2D eigenvalue weighted by molar-refractivity contribution is 0.464. The van der Waals surface area contributed by atoms with Crippen LogP contribution in [0.25, 0.3) is 0 Å². The predicted octanol–water partition coefficient (Wildman–Crippen LogP) is 2.39. The number of aromatic nitrogens is 1. The predicted molar refractivity (Wildman–Crippen MR) is 80.6 cm³/mol. The minimum atomic E-state index is -0.314. The van der Waals surface area contributed by atoms with Crippen LogP contribution in [0.2, 0.25) is 0 Å². The van der Waals surface area contributed by atoms with E-state index in [1.807, 2.05) is 25.2 Å². The van der Waals surface area contributed by atoms with Gasteiger partial charge in [-0.2, -0.15) is 5.26 Å². The molecule has 2 aromatic rings. The van der Waals surface area contributed by atoms with Crippen molar-refractivity contribution in [3.05, 3.63) is 54.4 Å². The Balaban J connectivity index is 2.21.